The first-order valence-electron chi connectivity index (χ1n) is 6.70. The highest BCUT2D eigenvalue weighted by molar-refractivity contribution is 6.31. The minimum atomic E-state index is -0.652. The van der Waals surface area contributed by atoms with Gasteiger partial charge in [-0.25, -0.2) is 0 Å². The van der Waals surface area contributed by atoms with Gasteiger partial charge in [-0.1, -0.05) is 25.4 Å². The average Bonchev–Trinajstić information content (AvgIpc) is 2.44. The Kier molecular flexibility index (Phi) is 6.45. The van der Waals surface area contributed by atoms with E-state index in [0.29, 0.717) is 23.2 Å². The highest BCUT2D eigenvalue weighted by atomic mass is 35.5. The molecule has 0 aliphatic rings. The number of carbonyl (C=O) groups excluding carboxylic acids is 2. The molecule has 0 spiro atoms. The highest BCUT2D eigenvalue weighted by Crippen LogP contribution is 2.19. The van der Waals surface area contributed by atoms with Crippen LogP contribution in [-0.2, 0) is 4.79 Å². The Morgan fingerprint density at radius 1 is 1.29 bits per heavy atom. The summed E-state index contributed by atoms with van der Waals surface area (Å²) in [7, 11) is 0. The molecule has 0 aromatic heterocycles. The van der Waals surface area contributed by atoms with Crippen molar-refractivity contribution < 1.29 is 9.59 Å². The zero-order chi connectivity index (χ0) is 16.0. The topological polar surface area (TPSA) is 96.2 Å². The molecule has 0 aliphatic heterocycles. The van der Waals surface area contributed by atoms with Crippen LogP contribution in [0.5, 0.6) is 0 Å². The van der Waals surface area contributed by atoms with E-state index in [1.807, 2.05) is 13.8 Å². The molecule has 0 bridgehead atoms. The van der Waals surface area contributed by atoms with E-state index in [0.717, 1.165) is 0 Å². The molecule has 1 aromatic rings. The lowest BCUT2D eigenvalue weighted by Crippen LogP contribution is -2.45. The second kappa shape index (κ2) is 7.85. The van der Waals surface area contributed by atoms with Gasteiger partial charge in [-0.2, -0.15) is 0 Å². The molecule has 1 rings (SSSR count). The van der Waals surface area contributed by atoms with E-state index in [1.165, 1.54) is 6.07 Å². The third kappa shape index (κ3) is 5.24. The van der Waals surface area contributed by atoms with E-state index in [4.69, 9.17) is 17.4 Å². The first kappa shape index (κ1) is 17.3. The van der Waals surface area contributed by atoms with E-state index < -0.39 is 11.9 Å². The molecule has 0 radical (unpaired) electrons. The third-order valence-electron chi connectivity index (χ3n) is 2.81. The molecule has 0 saturated heterocycles. The van der Waals surface area contributed by atoms with Crippen molar-refractivity contribution in [2.45, 2.75) is 26.8 Å². The van der Waals surface area contributed by atoms with Gasteiger partial charge in [0.15, 0.2) is 0 Å². The molecule has 0 aliphatic carbocycles. The maximum Gasteiger partial charge on any atom is 0.254 e. The van der Waals surface area contributed by atoms with Crippen molar-refractivity contribution in [1.29, 1.82) is 0 Å². The second-order valence-electron chi connectivity index (χ2n) is 5.17. The number of nitrogens with two attached hydrogens (primary N) is 1. The summed E-state index contributed by atoms with van der Waals surface area (Å²) in [6.45, 7) is 6.17. The van der Waals surface area contributed by atoms with E-state index in [-0.39, 0.29) is 11.5 Å². The summed E-state index contributed by atoms with van der Waals surface area (Å²) >= 11 is 5.87. The first-order chi connectivity index (χ1) is 9.85. The second-order valence-corrected chi connectivity index (χ2v) is 5.60. The molecule has 1 aromatic carbocycles. The van der Waals surface area contributed by atoms with Crippen LogP contribution in [0.25, 0.3) is 0 Å². The minimum absolute atomic E-state index is 0.235. The molecule has 1 unspecified atom stereocenters. The van der Waals surface area contributed by atoms with Crippen LogP contribution in [0.1, 0.15) is 31.1 Å². The fourth-order valence-corrected chi connectivity index (χ4v) is 1.80. The molecule has 2 amide bonds. The smallest absolute Gasteiger partial charge is 0.254 e. The summed E-state index contributed by atoms with van der Waals surface area (Å²) < 4.78 is 0. The van der Waals surface area contributed by atoms with Crippen molar-refractivity contribution in [3.8, 4) is 0 Å². The van der Waals surface area contributed by atoms with Crippen LogP contribution in [0.4, 0.5) is 5.69 Å². The van der Waals surface area contributed by atoms with Crippen molar-refractivity contribution >= 4 is 29.1 Å². The maximum atomic E-state index is 12.2. The summed E-state index contributed by atoms with van der Waals surface area (Å²) in [5, 5.41) is 5.79. The van der Waals surface area contributed by atoms with Crippen LogP contribution in [0.15, 0.2) is 18.2 Å². The fraction of sp³-hybridized carbons (Fsp3) is 0.429. The summed E-state index contributed by atoms with van der Waals surface area (Å²) in [4.78, 5) is 24.0. The number of hydrogen-bond donors (Lipinski definition) is 4. The number of nitrogens with one attached hydrogen (secondary N) is 3. The number of hydrazine groups is 1. The van der Waals surface area contributed by atoms with Gasteiger partial charge in [0.05, 0.1) is 11.3 Å². The van der Waals surface area contributed by atoms with E-state index in [9.17, 15) is 9.59 Å². The number of anilines is 1. The zero-order valence-corrected chi connectivity index (χ0v) is 13.1. The summed E-state index contributed by atoms with van der Waals surface area (Å²) in [6, 6.07) is 4.05. The van der Waals surface area contributed by atoms with Gasteiger partial charge in [0.2, 0.25) is 5.91 Å². The van der Waals surface area contributed by atoms with Gasteiger partial charge in [0, 0.05) is 11.6 Å². The number of carbonyl (C=O) groups is 2. The predicted molar refractivity (Wildman–Crippen MR) is 84.0 cm³/mol. The van der Waals surface area contributed by atoms with Gasteiger partial charge in [-0.05, 0) is 31.0 Å². The Morgan fingerprint density at radius 3 is 2.52 bits per heavy atom. The molecule has 5 N–H and O–H groups in total. The van der Waals surface area contributed by atoms with Crippen LogP contribution in [0.2, 0.25) is 5.02 Å². The highest BCUT2D eigenvalue weighted by Gasteiger charge is 2.18. The molecule has 6 nitrogen and oxygen atoms in total. The van der Waals surface area contributed by atoms with Gasteiger partial charge >= 0.3 is 0 Å². The zero-order valence-electron chi connectivity index (χ0n) is 12.4. The molecule has 21 heavy (non-hydrogen) atoms. The number of hydrogen-bond acceptors (Lipinski definition) is 4. The molecule has 0 saturated carbocycles. The van der Waals surface area contributed by atoms with Crippen molar-refractivity contribution in [1.82, 2.24) is 10.6 Å². The third-order valence-corrected chi connectivity index (χ3v) is 3.04. The largest absolute Gasteiger partial charge is 0.354 e. The van der Waals surface area contributed by atoms with Crippen LogP contribution in [-0.4, -0.2) is 24.4 Å². The monoisotopic (exact) mass is 312 g/mol. The van der Waals surface area contributed by atoms with Crippen LogP contribution >= 0.6 is 11.6 Å². The minimum Gasteiger partial charge on any atom is -0.354 e. The SMILES string of the molecule is CC(C)CNC(=O)C(C)NC(=O)c1cc(Cl)ccc1NN. The fourth-order valence-electron chi connectivity index (χ4n) is 1.63. The van der Waals surface area contributed by atoms with E-state index in [1.54, 1.807) is 19.1 Å². The number of nitrogen functional groups attached to an aromatic ring is 1. The van der Waals surface area contributed by atoms with Gasteiger partial charge in [-0.3, -0.25) is 15.4 Å². The van der Waals surface area contributed by atoms with E-state index in [2.05, 4.69) is 16.1 Å². The molecule has 116 valence electrons. The predicted octanol–water partition coefficient (Wildman–Crippen LogP) is 1.52. The van der Waals surface area contributed by atoms with Crippen LogP contribution < -0.4 is 21.9 Å². The van der Waals surface area contributed by atoms with Gasteiger partial charge in [-0.15, -0.1) is 0 Å². The Bertz CT molecular complexity index is 520. The number of amides is 2. The van der Waals surface area contributed by atoms with Gasteiger partial charge in [0.25, 0.3) is 5.91 Å². The Hall–Kier alpha value is -1.79. The molecule has 1 atom stereocenters. The van der Waals surface area contributed by atoms with Crippen LogP contribution in [0.3, 0.4) is 0 Å². The van der Waals surface area contributed by atoms with Crippen molar-refractivity contribution in [2.75, 3.05) is 12.0 Å². The molecule has 0 fully saturated rings. The standard InChI is InChI=1S/C14H21ClN4O2/c1-8(2)7-17-13(20)9(3)18-14(21)11-6-10(15)4-5-12(11)19-16/h4-6,8-9,19H,7,16H2,1-3H3,(H,17,20)(H,18,21). The lowest BCUT2D eigenvalue weighted by atomic mass is 10.1. The van der Waals surface area contributed by atoms with E-state index >= 15 is 0 Å². The Labute approximate surface area is 129 Å². The summed E-state index contributed by atoms with van der Waals surface area (Å²) in [5.74, 6) is 5.05. The Morgan fingerprint density at radius 2 is 1.95 bits per heavy atom. The number of rotatable bonds is 6. The Balaban J connectivity index is 2.72. The molecule has 0 heterocycles. The quantitative estimate of drug-likeness (QED) is 0.473. The lowest BCUT2D eigenvalue weighted by molar-refractivity contribution is -0.122. The summed E-state index contributed by atoms with van der Waals surface area (Å²) in [5.41, 5.74) is 3.15. The number of halogens is 1. The first-order valence-corrected chi connectivity index (χ1v) is 7.07. The lowest BCUT2D eigenvalue weighted by Gasteiger charge is -2.16. The molecular weight excluding hydrogens is 292 g/mol. The van der Waals surface area contributed by atoms with Gasteiger partial charge in [0.1, 0.15) is 6.04 Å². The van der Waals surface area contributed by atoms with Crippen molar-refractivity contribution in [3.05, 3.63) is 28.8 Å². The average molecular weight is 313 g/mol. The summed E-state index contributed by atoms with van der Waals surface area (Å²) in [6.07, 6.45) is 0. The van der Waals surface area contributed by atoms with Gasteiger partial charge < -0.3 is 16.1 Å². The molecular formula is C14H21ClN4O2. The van der Waals surface area contributed by atoms with Crippen molar-refractivity contribution in [3.63, 3.8) is 0 Å². The number of benzene rings is 1. The molecule has 7 heteroatoms. The normalized spacial score (nSPS) is 11.9. The maximum absolute atomic E-state index is 12.2. The van der Waals surface area contributed by atoms with Crippen molar-refractivity contribution in [2.24, 2.45) is 11.8 Å². The van der Waals surface area contributed by atoms with Crippen LogP contribution in [0, 0.1) is 5.92 Å².